The summed E-state index contributed by atoms with van der Waals surface area (Å²) in [5, 5.41) is 1.30. The Bertz CT molecular complexity index is 619. The number of carbonyl (C=O) groups excluding carboxylic acids is 1. The van der Waals surface area contributed by atoms with Crippen molar-refractivity contribution in [1.29, 1.82) is 0 Å². The minimum Gasteiger partial charge on any atom is -0.465 e. The SMILES string of the molecule is COC(=O)c1cc(Cl)cc2c(Cl)c([C@H](C)N)oc12. The Morgan fingerprint density at radius 2 is 2.11 bits per heavy atom. The molecule has 0 radical (unpaired) electrons. The first-order chi connectivity index (χ1) is 8.45. The average molecular weight is 288 g/mol. The monoisotopic (exact) mass is 287 g/mol. The quantitative estimate of drug-likeness (QED) is 0.858. The van der Waals surface area contributed by atoms with Gasteiger partial charge < -0.3 is 14.9 Å². The highest BCUT2D eigenvalue weighted by Gasteiger charge is 2.22. The number of carbonyl (C=O) groups is 1. The number of hydrogen-bond acceptors (Lipinski definition) is 4. The molecule has 0 fully saturated rings. The molecule has 0 bridgehead atoms. The molecule has 0 aliphatic carbocycles. The number of rotatable bonds is 2. The molecule has 1 atom stereocenters. The zero-order valence-corrected chi connectivity index (χ0v) is 11.3. The summed E-state index contributed by atoms with van der Waals surface area (Å²) in [6, 6.07) is 2.72. The smallest absolute Gasteiger partial charge is 0.341 e. The number of furan rings is 1. The maximum Gasteiger partial charge on any atom is 0.341 e. The second-order valence-corrected chi connectivity index (χ2v) is 4.70. The van der Waals surface area contributed by atoms with E-state index in [0.717, 1.165) is 0 Å². The van der Waals surface area contributed by atoms with E-state index < -0.39 is 5.97 Å². The standard InChI is InChI=1S/C12H11Cl2NO3/c1-5(15)10-9(14)7-3-6(13)4-8(11(7)18-10)12(16)17-2/h3-5H,15H2,1-2H3/t5-/m0/s1. The second kappa shape index (κ2) is 4.80. The molecule has 1 heterocycles. The topological polar surface area (TPSA) is 65.5 Å². The predicted octanol–water partition coefficient (Wildman–Crippen LogP) is 3.55. The predicted molar refractivity (Wildman–Crippen MR) is 70.2 cm³/mol. The molecular weight excluding hydrogens is 277 g/mol. The highest BCUT2D eigenvalue weighted by Crippen LogP contribution is 2.37. The zero-order chi connectivity index (χ0) is 13.4. The molecule has 0 unspecified atom stereocenters. The van der Waals surface area contributed by atoms with Crippen LogP contribution in [0.15, 0.2) is 16.5 Å². The Kier molecular flexibility index (Phi) is 3.52. The van der Waals surface area contributed by atoms with Crippen molar-refractivity contribution in [2.75, 3.05) is 7.11 Å². The number of ether oxygens (including phenoxy) is 1. The second-order valence-electron chi connectivity index (χ2n) is 3.89. The van der Waals surface area contributed by atoms with Gasteiger partial charge in [0, 0.05) is 10.4 Å². The average Bonchev–Trinajstić information content (AvgIpc) is 2.65. The van der Waals surface area contributed by atoms with Crippen LogP contribution in [0.2, 0.25) is 10.0 Å². The van der Waals surface area contributed by atoms with E-state index in [9.17, 15) is 4.79 Å². The van der Waals surface area contributed by atoms with Crippen LogP contribution in [0.25, 0.3) is 11.0 Å². The molecule has 0 spiro atoms. The Hall–Kier alpha value is -1.23. The van der Waals surface area contributed by atoms with Crippen LogP contribution in [0.3, 0.4) is 0 Å². The molecule has 2 N–H and O–H groups in total. The lowest BCUT2D eigenvalue weighted by atomic mass is 10.1. The van der Waals surface area contributed by atoms with E-state index >= 15 is 0 Å². The number of esters is 1. The third kappa shape index (κ3) is 2.07. The summed E-state index contributed by atoms with van der Waals surface area (Å²) >= 11 is 12.1. The molecule has 1 aromatic carbocycles. The van der Waals surface area contributed by atoms with Gasteiger partial charge in [0.15, 0.2) is 5.58 Å². The van der Waals surface area contributed by atoms with Gasteiger partial charge >= 0.3 is 5.97 Å². The summed E-state index contributed by atoms with van der Waals surface area (Å²) in [5.41, 5.74) is 6.31. The molecule has 18 heavy (non-hydrogen) atoms. The number of benzene rings is 1. The van der Waals surface area contributed by atoms with Crippen molar-refractivity contribution in [1.82, 2.24) is 0 Å². The summed E-state index contributed by atoms with van der Waals surface area (Å²) in [6.45, 7) is 1.74. The number of hydrogen-bond donors (Lipinski definition) is 1. The van der Waals surface area contributed by atoms with Crippen molar-refractivity contribution in [3.05, 3.63) is 33.5 Å². The molecule has 0 saturated heterocycles. The van der Waals surface area contributed by atoms with Gasteiger partial charge in [-0.2, -0.15) is 0 Å². The zero-order valence-electron chi connectivity index (χ0n) is 9.79. The van der Waals surface area contributed by atoms with Gasteiger partial charge in [-0.25, -0.2) is 4.79 Å². The first kappa shape index (κ1) is 13.2. The van der Waals surface area contributed by atoms with E-state index in [1.165, 1.54) is 13.2 Å². The fourth-order valence-corrected chi connectivity index (χ4v) is 2.28. The van der Waals surface area contributed by atoms with Gasteiger partial charge in [0.05, 0.1) is 18.2 Å². The third-order valence-corrected chi connectivity index (χ3v) is 3.15. The van der Waals surface area contributed by atoms with Crippen molar-refractivity contribution < 1.29 is 13.9 Å². The van der Waals surface area contributed by atoms with Crippen molar-refractivity contribution >= 4 is 40.1 Å². The Labute approximate surface area is 114 Å². The highest BCUT2D eigenvalue weighted by atomic mass is 35.5. The van der Waals surface area contributed by atoms with Crippen LogP contribution >= 0.6 is 23.2 Å². The Morgan fingerprint density at radius 3 is 2.67 bits per heavy atom. The van der Waals surface area contributed by atoms with E-state index in [2.05, 4.69) is 4.74 Å². The fourth-order valence-electron chi connectivity index (χ4n) is 1.71. The van der Waals surface area contributed by atoms with Gasteiger partial charge in [-0.3, -0.25) is 0 Å². The number of fused-ring (bicyclic) bond motifs is 1. The van der Waals surface area contributed by atoms with Crippen LogP contribution in [0.1, 0.15) is 29.1 Å². The van der Waals surface area contributed by atoms with Crippen LogP contribution < -0.4 is 5.73 Å². The number of nitrogens with two attached hydrogens (primary N) is 1. The first-order valence-corrected chi connectivity index (χ1v) is 5.96. The minimum atomic E-state index is -0.538. The molecule has 0 aliphatic heterocycles. The van der Waals surface area contributed by atoms with Crippen LogP contribution in [0.4, 0.5) is 0 Å². The van der Waals surface area contributed by atoms with E-state index in [1.54, 1.807) is 13.0 Å². The lowest BCUT2D eigenvalue weighted by molar-refractivity contribution is 0.0601. The maximum absolute atomic E-state index is 11.7. The Morgan fingerprint density at radius 1 is 1.44 bits per heavy atom. The molecule has 0 amide bonds. The largest absolute Gasteiger partial charge is 0.465 e. The molecule has 4 nitrogen and oxygen atoms in total. The van der Waals surface area contributed by atoms with Gasteiger partial charge in [-0.1, -0.05) is 23.2 Å². The highest BCUT2D eigenvalue weighted by molar-refractivity contribution is 6.38. The maximum atomic E-state index is 11.7. The molecule has 0 aliphatic rings. The van der Waals surface area contributed by atoms with E-state index in [1.807, 2.05) is 0 Å². The van der Waals surface area contributed by atoms with Crippen LogP contribution in [0.5, 0.6) is 0 Å². The lowest BCUT2D eigenvalue weighted by Gasteiger charge is -2.01. The molecule has 6 heteroatoms. The van der Waals surface area contributed by atoms with Crippen molar-refractivity contribution in [2.45, 2.75) is 13.0 Å². The van der Waals surface area contributed by atoms with Crippen LogP contribution in [-0.2, 0) is 4.74 Å². The molecule has 2 rings (SSSR count). The van der Waals surface area contributed by atoms with E-state index in [-0.39, 0.29) is 11.6 Å². The third-order valence-electron chi connectivity index (χ3n) is 2.54. The fraction of sp³-hybridized carbons (Fsp3) is 0.250. The summed E-state index contributed by atoms with van der Waals surface area (Å²) in [4.78, 5) is 11.7. The number of halogens is 2. The lowest BCUT2D eigenvalue weighted by Crippen LogP contribution is -2.03. The van der Waals surface area contributed by atoms with Gasteiger partial charge in [-0.05, 0) is 19.1 Å². The summed E-state index contributed by atoms with van der Waals surface area (Å²) < 4.78 is 10.2. The molecule has 96 valence electrons. The Balaban J connectivity index is 2.80. The summed E-state index contributed by atoms with van der Waals surface area (Å²) in [7, 11) is 1.28. The summed E-state index contributed by atoms with van der Waals surface area (Å²) in [5.74, 6) is -0.122. The van der Waals surface area contributed by atoms with Crippen LogP contribution in [-0.4, -0.2) is 13.1 Å². The molecule has 1 aromatic heterocycles. The van der Waals surface area contributed by atoms with Crippen LogP contribution in [0, 0.1) is 0 Å². The number of methoxy groups -OCH3 is 1. The van der Waals surface area contributed by atoms with E-state index in [4.69, 9.17) is 33.4 Å². The van der Waals surface area contributed by atoms with E-state index in [0.29, 0.717) is 26.8 Å². The molecular formula is C12H11Cl2NO3. The normalized spacial score (nSPS) is 12.7. The van der Waals surface area contributed by atoms with Gasteiger partial charge in [0.25, 0.3) is 0 Å². The minimum absolute atomic E-state index is 0.230. The van der Waals surface area contributed by atoms with Crippen molar-refractivity contribution in [3.63, 3.8) is 0 Å². The van der Waals surface area contributed by atoms with Crippen molar-refractivity contribution in [3.8, 4) is 0 Å². The van der Waals surface area contributed by atoms with Crippen molar-refractivity contribution in [2.24, 2.45) is 5.73 Å². The first-order valence-electron chi connectivity index (χ1n) is 5.21. The summed E-state index contributed by atoms with van der Waals surface area (Å²) in [6.07, 6.45) is 0. The van der Waals surface area contributed by atoms with Gasteiger partial charge in [0.1, 0.15) is 11.3 Å². The van der Waals surface area contributed by atoms with Gasteiger partial charge in [0.2, 0.25) is 0 Å². The molecule has 2 aromatic rings. The van der Waals surface area contributed by atoms with Gasteiger partial charge in [-0.15, -0.1) is 0 Å². The molecule has 0 saturated carbocycles.